The summed E-state index contributed by atoms with van der Waals surface area (Å²) in [5.41, 5.74) is 18.1. The largest absolute Gasteiger partial charge is 0.456 e. The third-order valence-electron chi connectivity index (χ3n) is 15.3. The molecule has 0 N–H and O–H groups in total. The minimum absolute atomic E-state index is 0.631. The van der Waals surface area contributed by atoms with E-state index in [0.29, 0.717) is 5.95 Å². The second kappa shape index (κ2) is 15.7. The van der Waals surface area contributed by atoms with Crippen LogP contribution in [0.25, 0.3) is 149 Å². The summed E-state index contributed by atoms with van der Waals surface area (Å²) in [4.78, 5) is 10.8. The van der Waals surface area contributed by atoms with Gasteiger partial charge in [-0.05, 0) is 125 Å². The van der Waals surface area contributed by atoms with Gasteiger partial charge in [-0.25, -0.2) is 9.97 Å². The molecule has 0 aliphatic carbocycles. The van der Waals surface area contributed by atoms with Gasteiger partial charge in [0.2, 0.25) is 5.95 Å². The molecule has 0 saturated heterocycles. The molecule has 0 atom stereocenters. The zero-order valence-electron chi connectivity index (χ0n) is 39.8. The van der Waals surface area contributed by atoms with Gasteiger partial charge in [0.05, 0.1) is 44.3 Å². The Kier molecular flexibility index (Phi) is 8.64. The zero-order valence-corrected chi connectivity index (χ0v) is 39.8. The molecule has 344 valence electrons. The molecule has 5 aromatic heterocycles. The third-order valence-corrected chi connectivity index (χ3v) is 15.3. The van der Waals surface area contributed by atoms with Gasteiger partial charge in [-0.2, -0.15) is 0 Å². The van der Waals surface area contributed by atoms with Gasteiger partial charge in [0.15, 0.2) is 0 Å². The molecule has 0 unspecified atom stereocenters. The molecule has 0 amide bonds. The van der Waals surface area contributed by atoms with Gasteiger partial charge in [-0.15, -0.1) is 0 Å². The van der Waals surface area contributed by atoms with Crippen molar-refractivity contribution in [3.63, 3.8) is 0 Å². The van der Waals surface area contributed by atoms with E-state index in [1.807, 2.05) is 0 Å². The Bertz CT molecular complexity index is 4960. The summed E-state index contributed by atoms with van der Waals surface area (Å²) in [7, 11) is 0. The maximum Gasteiger partial charge on any atom is 0.235 e. The standard InChI is InChI=1S/C68H41N5O/c1-3-16-46(17-4-1)71-58-26-12-8-20-49(58)54-40-44(31-35-61(54)71)48-24-15-29-65-66(48)56-39-43(33-37-64(56)74-65)42-30-34-63-53(38-42)51-22-10-14-28-60(51)73(63)68-69-57-25-11-7-23-52(57)67(70-68)45-32-36-62-55(41-45)50-21-9-13-27-59(50)72(62)47-18-5-2-6-19-47/h1-41H. The lowest BCUT2D eigenvalue weighted by molar-refractivity contribution is 0.669. The van der Waals surface area contributed by atoms with Crippen LogP contribution in [0.4, 0.5) is 0 Å². The van der Waals surface area contributed by atoms with Crippen LogP contribution in [0.2, 0.25) is 0 Å². The Hall–Kier alpha value is -10.0. The van der Waals surface area contributed by atoms with Crippen molar-refractivity contribution in [1.82, 2.24) is 23.7 Å². The first-order valence-corrected chi connectivity index (χ1v) is 25.1. The summed E-state index contributed by atoms with van der Waals surface area (Å²) in [5.74, 6) is 0.631. The quantitative estimate of drug-likeness (QED) is 0.167. The predicted molar refractivity (Wildman–Crippen MR) is 306 cm³/mol. The van der Waals surface area contributed by atoms with Gasteiger partial charge in [0.1, 0.15) is 11.2 Å². The first kappa shape index (κ1) is 40.7. The van der Waals surface area contributed by atoms with Crippen molar-refractivity contribution in [2.45, 2.75) is 0 Å². The number of furan rings is 1. The molecule has 74 heavy (non-hydrogen) atoms. The molecule has 0 bridgehead atoms. The Morgan fingerprint density at radius 3 is 1.38 bits per heavy atom. The van der Waals surface area contributed by atoms with Crippen molar-refractivity contribution in [2.75, 3.05) is 0 Å². The Morgan fingerprint density at radius 1 is 0.284 bits per heavy atom. The van der Waals surface area contributed by atoms with Crippen molar-refractivity contribution in [3.8, 4) is 50.8 Å². The lowest BCUT2D eigenvalue weighted by Gasteiger charge is -2.12. The number of hydrogen-bond donors (Lipinski definition) is 0. The molecule has 16 aromatic rings. The number of nitrogens with zero attached hydrogens (tertiary/aromatic N) is 5. The SMILES string of the molecule is c1ccc(-n2c3ccccc3c3cc(-c4nc(-n5c6ccccc6c6cc(-c7ccc8oc9cccc(-c%10ccc%11c(c%10)c%10ccccc%10n%11-c%10ccccc%10)c9c8c7)ccc65)nc5ccccc45)ccc32)cc1. The van der Waals surface area contributed by atoms with Crippen LogP contribution in [0.15, 0.2) is 253 Å². The van der Waals surface area contributed by atoms with E-state index < -0.39 is 0 Å². The van der Waals surface area contributed by atoms with Crippen LogP contribution in [0.3, 0.4) is 0 Å². The van der Waals surface area contributed by atoms with Crippen LogP contribution in [0.1, 0.15) is 0 Å². The Labute approximate surface area is 423 Å². The number of fused-ring (bicyclic) bond motifs is 13. The van der Waals surface area contributed by atoms with E-state index in [1.54, 1.807) is 0 Å². The zero-order chi connectivity index (χ0) is 48.4. The van der Waals surface area contributed by atoms with Crippen LogP contribution < -0.4 is 0 Å². The monoisotopic (exact) mass is 943 g/mol. The van der Waals surface area contributed by atoms with Gasteiger partial charge >= 0.3 is 0 Å². The van der Waals surface area contributed by atoms with Crippen LogP contribution in [0.5, 0.6) is 0 Å². The van der Waals surface area contributed by atoms with Crippen LogP contribution >= 0.6 is 0 Å². The van der Waals surface area contributed by atoms with Crippen LogP contribution in [-0.2, 0) is 0 Å². The first-order chi connectivity index (χ1) is 36.7. The van der Waals surface area contributed by atoms with Gasteiger partial charge in [0.25, 0.3) is 0 Å². The number of hydrogen-bond acceptors (Lipinski definition) is 3. The summed E-state index contributed by atoms with van der Waals surface area (Å²) < 4.78 is 13.6. The summed E-state index contributed by atoms with van der Waals surface area (Å²) >= 11 is 0. The molecule has 5 heterocycles. The normalized spacial score (nSPS) is 12.1. The number of rotatable bonds is 6. The highest BCUT2D eigenvalue weighted by Crippen LogP contribution is 2.43. The molecular formula is C68H41N5O. The van der Waals surface area contributed by atoms with E-state index in [4.69, 9.17) is 14.4 Å². The predicted octanol–water partition coefficient (Wildman–Crippen LogP) is 17.8. The van der Waals surface area contributed by atoms with E-state index in [-0.39, 0.29) is 0 Å². The summed E-state index contributed by atoms with van der Waals surface area (Å²) in [6.45, 7) is 0. The fraction of sp³-hybridized carbons (Fsp3) is 0. The molecule has 0 radical (unpaired) electrons. The van der Waals surface area contributed by atoms with Crippen molar-refractivity contribution >= 4 is 98.3 Å². The minimum atomic E-state index is 0.631. The van der Waals surface area contributed by atoms with Gasteiger partial charge in [0, 0.05) is 65.4 Å². The second-order valence-corrected chi connectivity index (χ2v) is 19.3. The maximum absolute atomic E-state index is 6.61. The van der Waals surface area contributed by atoms with E-state index in [2.05, 4.69) is 262 Å². The molecule has 0 saturated carbocycles. The highest BCUT2D eigenvalue weighted by atomic mass is 16.3. The highest BCUT2D eigenvalue weighted by molar-refractivity contribution is 6.17. The van der Waals surface area contributed by atoms with Crippen molar-refractivity contribution in [2.24, 2.45) is 0 Å². The summed E-state index contributed by atoms with van der Waals surface area (Å²) in [6.07, 6.45) is 0. The number of aromatic nitrogens is 5. The third kappa shape index (κ3) is 6.00. The van der Waals surface area contributed by atoms with Crippen molar-refractivity contribution in [1.29, 1.82) is 0 Å². The van der Waals surface area contributed by atoms with Crippen LogP contribution in [0, 0.1) is 0 Å². The molecule has 0 spiro atoms. The van der Waals surface area contributed by atoms with E-state index >= 15 is 0 Å². The van der Waals surface area contributed by atoms with E-state index in [9.17, 15) is 0 Å². The molecule has 6 nitrogen and oxygen atoms in total. The summed E-state index contributed by atoms with van der Waals surface area (Å²) in [6, 6.07) is 89.0. The fourth-order valence-corrected chi connectivity index (χ4v) is 12.0. The first-order valence-electron chi connectivity index (χ1n) is 25.1. The fourth-order valence-electron chi connectivity index (χ4n) is 12.0. The second-order valence-electron chi connectivity index (χ2n) is 19.3. The molecule has 0 fully saturated rings. The average Bonchev–Trinajstić information content (AvgIpc) is 4.21. The lowest BCUT2D eigenvalue weighted by atomic mass is 9.96. The minimum Gasteiger partial charge on any atom is -0.456 e. The molecular weight excluding hydrogens is 903 g/mol. The molecule has 16 rings (SSSR count). The molecule has 0 aliphatic heterocycles. The van der Waals surface area contributed by atoms with Crippen molar-refractivity contribution in [3.05, 3.63) is 249 Å². The van der Waals surface area contributed by atoms with Crippen LogP contribution in [-0.4, -0.2) is 23.7 Å². The van der Waals surface area contributed by atoms with Gasteiger partial charge in [-0.3, -0.25) is 4.57 Å². The van der Waals surface area contributed by atoms with Crippen molar-refractivity contribution < 1.29 is 4.42 Å². The topological polar surface area (TPSA) is 53.7 Å². The number of benzene rings is 11. The van der Waals surface area contributed by atoms with E-state index in [0.717, 1.165) is 105 Å². The highest BCUT2D eigenvalue weighted by Gasteiger charge is 2.21. The molecule has 6 heteroatoms. The lowest BCUT2D eigenvalue weighted by Crippen LogP contribution is -2.03. The van der Waals surface area contributed by atoms with E-state index in [1.165, 1.54) is 38.1 Å². The number of para-hydroxylation sites is 6. The Balaban J connectivity index is 0.835. The molecule has 0 aliphatic rings. The van der Waals surface area contributed by atoms with Gasteiger partial charge < -0.3 is 13.6 Å². The summed E-state index contributed by atoms with van der Waals surface area (Å²) in [5, 5.41) is 10.3. The van der Waals surface area contributed by atoms with Gasteiger partial charge in [-0.1, -0.05) is 146 Å². The Morgan fingerprint density at radius 2 is 0.743 bits per heavy atom. The smallest absolute Gasteiger partial charge is 0.235 e. The maximum atomic E-state index is 6.61. The molecule has 11 aromatic carbocycles. The average molecular weight is 944 g/mol.